The number of nitrogens with zero attached hydrogens (tertiary/aromatic N) is 1. The van der Waals surface area contributed by atoms with E-state index < -0.39 is 12.1 Å². The molecule has 3 N–H and O–H groups in total. The van der Waals surface area contributed by atoms with E-state index in [2.05, 4.69) is 15.5 Å². The summed E-state index contributed by atoms with van der Waals surface area (Å²) in [4.78, 5) is 23.5. The highest BCUT2D eigenvalue weighted by atomic mass is 16.5. The molecule has 88 valence electrons. The van der Waals surface area contributed by atoms with Crippen LogP contribution in [0.1, 0.15) is 12.1 Å². The largest absolute Gasteiger partial charge is 0.481 e. The molecule has 0 unspecified atom stereocenters. The average Bonchev–Trinajstić information content (AvgIpc) is 2.28. The normalized spacial score (nSPS) is 8.56. The summed E-state index contributed by atoms with van der Waals surface area (Å²) in [7, 11) is 1.22. The number of aromatic nitrogens is 1. The Kier molecular flexibility index (Phi) is 7.14. The molecule has 0 aliphatic carbocycles. The Morgan fingerprint density at radius 1 is 1.50 bits per heavy atom. The van der Waals surface area contributed by atoms with E-state index in [9.17, 15) is 9.59 Å². The highest BCUT2D eigenvalue weighted by Gasteiger charge is 1.97. The zero-order valence-electron chi connectivity index (χ0n) is 8.92. The summed E-state index contributed by atoms with van der Waals surface area (Å²) in [6, 6.07) is 5.48. The molecule has 1 aromatic heterocycles. The van der Waals surface area contributed by atoms with Crippen LogP contribution in [-0.2, 0) is 16.0 Å². The van der Waals surface area contributed by atoms with Crippen LogP contribution in [0.15, 0.2) is 24.4 Å². The molecule has 1 rings (SSSR count). The van der Waals surface area contributed by atoms with Crippen molar-refractivity contribution in [3.8, 4) is 0 Å². The standard InChI is InChI=1S/C8H9NO2.C2H5NO2/c10-8(11)5-4-7-3-1-2-6-9-7;1-5-2(3)4/h1-3,6H,4-5H2,(H,10,11);1H3,(H2,3,4). The SMILES string of the molecule is COC(N)=O.O=C(O)CCc1ccccn1. The second kappa shape index (κ2) is 8.22. The number of methoxy groups -OCH3 is 1. The van der Waals surface area contributed by atoms with Crippen molar-refractivity contribution in [3.05, 3.63) is 30.1 Å². The van der Waals surface area contributed by atoms with Gasteiger partial charge in [-0.3, -0.25) is 9.78 Å². The summed E-state index contributed by atoms with van der Waals surface area (Å²) in [6.45, 7) is 0. The molecule has 16 heavy (non-hydrogen) atoms. The van der Waals surface area contributed by atoms with E-state index in [-0.39, 0.29) is 6.42 Å². The molecule has 6 nitrogen and oxygen atoms in total. The van der Waals surface area contributed by atoms with E-state index >= 15 is 0 Å². The summed E-state index contributed by atoms with van der Waals surface area (Å²) >= 11 is 0. The fraction of sp³-hybridized carbons (Fsp3) is 0.300. The van der Waals surface area contributed by atoms with Gasteiger partial charge in [0.1, 0.15) is 0 Å². The molecule has 0 aliphatic rings. The monoisotopic (exact) mass is 226 g/mol. The molecular weight excluding hydrogens is 212 g/mol. The van der Waals surface area contributed by atoms with Gasteiger partial charge in [-0.25, -0.2) is 4.79 Å². The number of carbonyl (C=O) groups is 2. The second-order valence-electron chi connectivity index (χ2n) is 2.74. The maximum Gasteiger partial charge on any atom is 0.404 e. The van der Waals surface area contributed by atoms with Crippen molar-refractivity contribution in [1.82, 2.24) is 4.98 Å². The molecule has 0 saturated carbocycles. The molecule has 1 heterocycles. The Bertz CT molecular complexity index is 327. The minimum atomic E-state index is -0.782. The second-order valence-corrected chi connectivity index (χ2v) is 2.74. The molecule has 0 radical (unpaired) electrons. The summed E-state index contributed by atoms with van der Waals surface area (Å²) < 4.78 is 3.89. The number of primary amides is 1. The number of nitrogens with two attached hydrogens (primary N) is 1. The van der Waals surface area contributed by atoms with Gasteiger partial charge in [0, 0.05) is 18.3 Å². The number of amides is 1. The smallest absolute Gasteiger partial charge is 0.404 e. The van der Waals surface area contributed by atoms with Gasteiger partial charge in [-0.2, -0.15) is 0 Å². The summed E-state index contributed by atoms with van der Waals surface area (Å²) in [6.07, 6.45) is 1.58. The van der Waals surface area contributed by atoms with Gasteiger partial charge in [0.2, 0.25) is 0 Å². The molecule has 0 aromatic carbocycles. The van der Waals surface area contributed by atoms with Crippen molar-refractivity contribution >= 4 is 12.1 Å². The number of carboxylic acids is 1. The lowest BCUT2D eigenvalue weighted by atomic mass is 10.2. The van der Waals surface area contributed by atoms with Gasteiger partial charge in [-0.15, -0.1) is 0 Å². The number of ether oxygens (including phenoxy) is 1. The van der Waals surface area contributed by atoms with Crippen LogP contribution in [0.4, 0.5) is 4.79 Å². The Labute approximate surface area is 93.1 Å². The molecular formula is C10H14N2O4. The van der Waals surface area contributed by atoms with Gasteiger partial charge >= 0.3 is 12.1 Å². The van der Waals surface area contributed by atoms with Gasteiger partial charge in [0.25, 0.3) is 0 Å². The lowest BCUT2D eigenvalue weighted by Crippen LogP contribution is -2.08. The fourth-order valence-electron chi connectivity index (χ4n) is 0.781. The zero-order chi connectivity index (χ0) is 12.4. The van der Waals surface area contributed by atoms with Gasteiger partial charge in [-0.1, -0.05) is 6.07 Å². The highest BCUT2D eigenvalue weighted by molar-refractivity contribution is 5.66. The number of aryl methyl sites for hydroxylation is 1. The molecule has 6 heteroatoms. The first-order chi connectivity index (χ1) is 7.56. The van der Waals surface area contributed by atoms with Gasteiger partial charge in [-0.05, 0) is 12.1 Å². The first-order valence-electron chi connectivity index (χ1n) is 4.51. The molecule has 1 aromatic rings. The molecule has 0 atom stereocenters. The molecule has 1 amide bonds. The van der Waals surface area contributed by atoms with Crippen LogP contribution in [0.5, 0.6) is 0 Å². The van der Waals surface area contributed by atoms with E-state index in [4.69, 9.17) is 5.11 Å². The lowest BCUT2D eigenvalue weighted by Gasteiger charge is -1.94. The van der Waals surface area contributed by atoms with Crippen LogP contribution in [0.2, 0.25) is 0 Å². The van der Waals surface area contributed by atoms with Crippen molar-refractivity contribution in [2.75, 3.05) is 7.11 Å². The first-order valence-corrected chi connectivity index (χ1v) is 4.51. The van der Waals surface area contributed by atoms with Crippen molar-refractivity contribution in [2.45, 2.75) is 12.8 Å². The summed E-state index contributed by atoms with van der Waals surface area (Å²) in [5.41, 5.74) is 5.26. The number of aliphatic carboxylic acids is 1. The Balaban J connectivity index is 0.000000385. The van der Waals surface area contributed by atoms with Crippen LogP contribution in [-0.4, -0.2) is 29.3 Å². The molecule has 0 saturated heterocycles. The van der Waals surface area contributed by atoms with Crippen molar-refractivity contribution in [2.24, 2.45) is 5.73 Å². The van der Waals surface area contributed by atoms with Crippen LogP contribution in [0.25, 0.3) is 0 Å². The number of carbonyl (C=O) groups excluding carboxylic acids is 1. The van der Waals surface area contributed by atoms with Crippen LogP contribution in [0.3, 0.4) is 0 Å². The first kappa shape index (κ1) is 13.9. The van der Waals surface area contributed by atoms with E-state index in [0.29, 0.717) is 6.42 Å². The minimum Gasteiger partial charge on any atom is -0.481 e. The average molecular weight is 226 g/mol. The Morgan fingerprint density at radius 3 is 2.50 bits per heavy atom. The van der Waals surface area contributed by atoms with Crippen LogP contribution < -0.4 is 5.73 Å². The van der Waals surface area contributed by atoms with E-state index in [1.165, 1.54) is 7.11 Å². The Hall–Kier alpha value is -2.11. The molecule has 0 fully saturated rings. The maximum absolute atomic E-state index is 10.1. The minimum absolute atomic E-state index is 0.150. The quantitative estimate of drug-likeness (QED) is 0.793. The number of hydrogen-bond donors (Lipinski definition) is 2. The third-order valence-electron chi connectivity index (χ3n) is 1.52. The highest BCUT2D eigenvalue weighted by Crippen LogP contribution is 1.97. The number of hydrogen-bond acceptors (Lipinski definition) is 4. The zero-order valence-corrected chi connectivity index (χ0v) is 8.92. The van der Waals surface area contributed by atoms with E-state index in [1.54, 1.807) is 6.20 Å². The number of pyridine rings is 1. The predicted molar refractivity (Wildman–Crippen MR) is 56.8 cm³/mol. The third kappa shape index (κ3) is 8.49. The van der Waals surface area contributed by atoms with Gasteiger partial charge in [0.15, 0.2) is 0 Å². The third-order valence-corrected chi connectivity index (χ3v) is 1.52. The van der Waals surface area contributed by atoms with E-state index in [1.807, 2.05) is 18.2 Å². The lowest BCUT2D eigenvalue weighted by molar-refractivity contribution is -0.136. The van der Waals surface area contributed by atoms with E-state index in [0.717, 1.165) is 5.69 Å². The number of rotatable bonds is 3. The van der Waals surface area contributed by atoms with Crippen molar-refractivity contribution < 1.29 is 19.4 Å². The molecule has 0 bridgehead atoms. The Morgan fingerprint density at radius 2 is 2.12 bits per heavy atom. The number of carboxylic acid groups (broad SMARTS) is 1. The topological polar surface area (TPSA) is 103 Å². The molecule has 0 aliphatic heterocycles. The maximum atomic E-state index is 10.1. The fourth-order valence-corrected chi connectivity index (χ4v) is 0.781. The van der Waals surface area contributed by atoms with Gasteiger partial charge < -0.3 is 15.6 Å². The van der Waals surface area contributed by atoms with Crippen LogP contribution >= 0.6 is 0 Å². The summed E-state index contributed by atoms with van der Waals surface area (Å²) in [5, 5.41) is 8.35. The van der Waals surface area contributed by atoms with Crippen molar-refractivity contribution in [1.29, 1.82) is 0 Å². The summed E-state index contributed by atoms with van der Waals surface area (Å²) in [5.74, 6) is -0.782. The molecule has 0 spiro atoms. The van der Waals surface area contributed by atoms with Gasteiger partial charge in [0.05, 0.1) is 13.5 Å². The van der Waals surface area contributed by atoms with Crippen molar-refractivity contribution in [3.63, 3.8) is 0 Å². The predicted octanol–water partition coefficient (Wildman–Crippen LogP) is 0.810. The van der Waals surface area contributed by atoms with Crippen LogP contribution in [0, 0.1) is 0 Å².